The van der Waals surface area contributed by atoms with Crippen molar-refractivity contribution in [2.24, 2.45) is 0 Å². The zero-order chi connectivity index (χ0) is 7.56. The van der Waals surface area contributed by atoms with E-state index in [4.69, 9.17) is 5.73 Å². The Bertz CT molecular complexity index is 242. The van der Waals surface area contributed by atoms with Crippen LogP contribution in [0.1, 0.15) is 0 Å². The maximum absolute atomic E-state index is 10.1. The van der Waals surface area contributed by atoms with Crippen LogP contribution in [0.5, 0.6) is 0 Å². The molecule has 0 saturated carbocycles. The normalized spacial score (nSPS) is 9.20. The fourth-order valence-electron chi connectivity index (χ4n) is 0.596. The van der Waals surface area contributed by atoms with Crippen molar-refractivity contribution in [3.8, 4) is 0 Å². The van der Waals surface area contributed by atoms with Gasteiger partial charge in [-0.15, -0.1) is 0 Å². The lowest BCUT2D eigenvalue weighted by atomic mass is 10.3. The quantitative estimate of drug-likeness (QED) is 0.275. The van der Waals surface area contributed by atoms with Crippen LogP contribution in [0, 0.1) is 10.1 Å². The van der Waals surface area contributed by atoms with Gasteiger partial charge in [0.1, 0.15) is 0 Å². The smallest absolute Gasteiger partial charge is 0.269 e. The molecular formula is C6H6N2O2. The zero-order valence-corrected chi connectivity index (χ0v) is 5.15. The van der Waals surface area contributed by atoms with Crippen LogP contribution < -0.4 is 5.73 Å². The van der Waals surface area contributed by atoms with Crippen LogP contribution in [0.15, 0.2) is 24.3 Å². The van der Waals surface area contributed by atoms with Gasteiger partial charge in [0.05, 0.1) is 4.92 Å². The van der Waals surface area contributed by atoms with E-state index in [-0.39, 0.29) is 5.69 Å². The summed E-state index contributed by atoms with van der Waals surface area (Å²) in [5.41, 5.74) is 5.90. The SMILES string of the molecule is [15NH2]c1ccc([15N+](=O)[O-])cc1. The van der Waals surface area contributed by atoms with Gasteiger partial charge >= 0.3 is 0 Å². The third kappa shape index (κ3) is 1.22. The summed E-state index contributed by atoms with van der Waals surface area (Å²) in [4.78, 5) is 9.62. The number of nitrogens with zero attached hydrogens (tertiary/aromatic N) is 1. The Labute approximate surface area is 57.4 Å². The molecule has 0 aliphatic carbocycles. The van der Waals surface area contributed by atoms with Crippen molar-refractivity contribution in [1.29, 1.82) is 0 Å². The van der Waals surface area contributed by atoms with E-state index < -0.39 is 4.92 Å². The van der Waals surface area contributed by atoms with Gasteiger partial charge in [0.2, 0.25) is 0 Å². The van der Waals surface area contributed by atoms with Crippen LogP contribution in [-0.4, -0.2) is 4.92 Å². The first-order valence-corrected chi connectivity index (χ1v) is 2.70. The Morgan fingerprint density at radius 3 is 2.20 bits per heavy atom. The van der Waals surface area contributed by atoms with E-state index in [9.17, 15) is 10.1 Å². The predicted octanol–water partition coefficient (Wildman–Crippen LogP) is 1.18. The number of nitro benzene ring substituents is 1. The standard InChI is InChI=1S/C6H6N2O2/c7-5-1-3-6(4-2-5)8(9)10/h1-4H,7H2/i7+1,8+1. The van der Waals surface area contributed by atoms with Gasteiger partial charge in [0.25, 0.3) is 5.69 Å². The summed E-state index contributed by atoms with van der Waals surface area (Å²) in [5.74, 6) is 0. The lowest BCUT2D eigenvalue weighted by Gasteiger charge is -1.90. The summed E-state index contributed by atoms with van der Waals surface area (Å²) in [6, 6.07) is 5.74. The molecule has 0 radical (unpaired) electrons. The molecule has 1 aromatic rings. The number of nitro groups is 1. The highest BCUT2D eigenvalue weighted by Crippen LogP contribution is 2.11. The van der Waals surface area contributed by atoms with Crippen molar-refractivity contribution >= 4 is 11.4 Å². The summed E-state index contributed by atoms with van der Waals surface area (Å²) in [6.45, 7) is 0. The van der Waals surface area contributed by atoms with Gasteiger partial charge in [0, 0.05) is 17.8 Å². The first kappa shape index (κ1) is 6.54. The summed E-state index contributed by atoms with van der Waals surface area (Å²) in [7, 11) is 0. The Balaban J connectivity index is 3.00. The second-order valence-electron chi connectivity index (χ2n) is 1.85. The molecule has 0 saturated heterocycles. The van der Waals surface area contributed by atoms with Gasteiger partial charge in [-0.3, -0.25) is 10.1 Å². The minimum atomic E-state index is -0.459. The van der Waals surface area contributed by atoms with E-state index in [1.807, 2.05) is 0 Å². The summed E-state index contributed by atoms with van der Waals surface area (Å²) in [5, 5.41) is 10.1. The molecule has 0 aliphatic rings. The molecule has 0 fully saturated rings. The van der Waals surface area contributed by atoms with Crippen LogP contribution >= 0.6 is 0 Å². The van der Waals surface area contributed by atoms with Crippen molar-refractivity contribution in [3.63, 3.8) is 0 Å². The van der Waals surface area contributed by atoms with E-state index >= 15 is 0 Å². The van der Waals surface area contributed by atoms with Crippen LogP contribution in [0.2, 0.25) is 0 Å². The molecule has 52 valence electrons. The van der Waals surface area contributed by atoms with E-state index in [0.29, 0.717) is 5.69 Å². The number of hydrogen-bond donors (Lipinski definition) is 1. The number of rotatable bonds is 1. The van der Waals surface area contributed by atoms with Gasteiger partial charge in [-0.2, -0.15) is 0 Å². The number of benzene rings is 1. The van der Waals surface area contributed by atoms with Crippen molar-refractivity contribution in [3.05, 3.63) is 34.4 Å². The molecule has 0 atom stereocenters. The first-order valence-electron chi connectivity index (χ1n) is 2.70. The number of anilines is 1. The molecule has 4 nitrogen and oxygen atoms in total. The highest BCUT2D eigenvalue weighted by molar-refractivity contribution is 5.44. The highest BCUT2D eigenvalue weighted by Gasteiger charge is 2.00. The third-order valence-electron chi connectivity index (χ3n) is 1.10. The number of nitrogen functional groups attached to an aromatic ring is 1. The monoisotopic (exact) mass is 140 g/mol. The molecule has 1 rings (SSSR count). The van der Waals surface area contributed by atoms with Gasteiger partial charge in [-0.1, -0.05) is 0 Å². The average molecular weight is 140 g/mol. The Morgan fingerprint density at radius 1 is 1.30 bits per heavy atom. The second-order valence-corrected chi connectivity index (χ2v) is 1.85. The molecule has 10 heavy (non-hydrogen) atoms. The van der Waals surface area contributed by atoms with Crippen LogP contribution in [0.3, 0.4) is 0 Å². The van der Waals surface area contributed by atoms with E-state index in [1.54, 1.807) is 0 Å². The lowest BCUT2D eigenvalue weighted by molar-refractivity contribution is -0.384. The Morgan fingerprint density at radius 2 is 1.80 bits per heavy atom. The Kier molecular flexibility index (Phi) is 1.53. The summed E-state index contributed by atoms with van der Waals surface area (Å²) >= 11 is 0. The number of non-ortho nitro benzene ring substituents is 1. The molecule has 0 aliphatic heterocycles. The predicted molar refractivity (Wildman–Crippen MR) is 37.5 cm³/mol. The van der Waals surface area contributed by atoms with Crippen molar-refractivity contribution in [2.75, 3.05) is 5.73 Å². The van der Waals surface area contributed by atoms with Gasteiger partial charge in [-0.25, -0.2) is 0 Å². The Hall–Kier alpha value is -1.58. The van der Waals surface area contributed by atoms with Gasteiger partial charge in [0.15, 0.2) is 0 Å². The molecule has 0 aromatic heterocycles. The molecule has 0 amide bonds. The summed E-state index contributed by atoms with van der Waals surface area (Å²) < 4.78 is 0. The fraction of sp³-hybridized carbons (Fsp3) is 0. The van der Waals surface area contributed by atoms with E-state index in [0.717, 1.165) is 0 Å². The minimum absolute atomic E-state index is 0.0641. The maximum atomic E-state index is 10.1. The van der Waals surface area contributed by atoms with Crippen LogP contribution in [0.4, 0.5) is 11.4 Å². The van der Waals surface area contributed by atoms with Gasteiger partial charge in [-0.05, 0) is 12.1 Å². The molecule has 0 heterocycles. The molecule has 4 heteroatoms. The maximum Gasteiger partial charge on any atom is 0.269 e. The van der Waals surface area contributed by atoms with Crippen molar-refractivity contribution < 1.29 is 4.92 Å². The van der Waals surface area contributed by atoms with E-state index in [1.165, 1.54) is 24.3 Å². The largest absolute Gasteiger partial charge is 0.399 e. The topological polar surface area (TPSA) is 69.2 Å². The molecule has 1 aromatic carbocycles. The molecular weight excluding hydrogens is 134 g/mol. The molecule has 0 unspecified atom stereocenters. The molecule has 2 N–H and O–H groups in total. The second kappa shape index (κ2) is 2.34. The third-order valence-corrected chi connectivity index (χ3v) is 1.10. The zero-order valence-electron chi connectivity index (χ0n) is 5.15. The first-order chi connectivity index (χ1) is 4.70. The van der Waals surface area contributed by atoms with Crippen LogP contribution in [-0.2, 0) is 0 Å². The number of nitrogens with two attached hydrogens (primary N) is 1. The fourth-order valence-corrected chi connectivity index (χ4v) is 0.596. The molecule has 0 bridgehead atoms. The minimum Gasteiger partial charge on any atom is -0.399 e. The average Bonchev–Trinajstić information content (AvgIpc) is 1.88. The van der Waals surface area contributed by atoms with Crippen molar-refractivity contribution in [1.82, 2.24) is 0 Å². The lowest BCUT2D eigenvalue weighted by Crippen LogP contribution is -1.88. The molecule has 0 spiro atoms. The van der Waals surface area contributed by atoms with E-state index in [2.05, 4.69) is 0 Å². The van der Waals surface area contributed by atoms with Crippen LogP contribution in [0.25, 0.3) is 0 Å². The van der Waals surface area contributed by atoms with Gasteiger partial charge < -0.3 is 5.73 Å². The van der Waals surface area contributed by atoms with Crippen molar-refractivity contribution in [2.45, 2.75) is 0 Å². The highest BCUT2D eigenvalue weighted by atomic mass is 16.9. The summed E-state index contributed by atoms with van der Waals surface area (Å²) in [6.07, 6.45) is 0. The number of hydrogen-bond acceptors (Lipinski definition) is 3.